The third kappa shape index (κ3) is 5.58. The smallest absolute Gasteiger partial charge is 0.227 e. The summed E-state index contributed by atoms with van der Waals surface area (Å²) in [4.78, 5) is 31.2. The minimum absolute atomic E-state index is 0.148. The summed E-state index contributed by atoms with van der Waals surface area (Å²) in [5.74, 6) is 0.754. The Morgan fingerprint density at radius 1 is 1.17 bits per heavy atom. The zero-order valence-electron chi connectivity index (χ0n) is 17.7. The van der Waals surface area contributed by atoms with E-state index in [1.807, 2.05) is 17.0 Å². The maximum Gasteiger partial charge on any atom is 0.227 e. The van der Waals surface area contributed by atoms with Crippen molar-refractivity contribution < 1.29 is 19.1 Å². The monoisotopic (exact) mass is 415 g/mol. The number of likely N-dealkylation sites (tertiary alicyclic amines) is 1. The molecule has 3 saturated heterocycles. The van der Waals surface area contributed by atoms with E-state index in [0.29, 0.717) is 38.5 Å². The Bertz CT molecular complexity index is 712. The lowest BCUT2D eigenvalue weighted by atomic mass is 9.82. The van der Waals surface area contributed by atoms with Gasteiger partial charge in [-0.05, 0) is 56.1 Å². The van der Waals surface area contributed by atoms with Gasteiger partial charge in [0.25, 0.3) is 0 Å². The van der Waals surface area contributed by atoms with E-state index in [2.05, 4.69) is 10.3 Å². The fraction of sp³-hybridized carbons (Fsp3) is 0.696. The van der Waals surface area contributed by atoms with E-state index in [0.717, 1.165) is 57.3 Å². The second kappa shape index (κ2) is 9.88. The molecule has 1 N–H and O–H groups in total. The van der Waals surface area contributed by atoms with Crippen LogP contribution in [0.5, 0.6) is 0 Å². The highest BCUT2D eigenvalue weighted by Crippen LogP contribution is 2.35. The van der Waals surface area contributed by atoms with Crippen LogP contribution in [0.15, 0.2) is 24.5 Å². The van der Waals surface area contributed by atoms with Gasteiger partial charge in [-0.1, -0.05) is 6.07 Å². The average Bonchev–Trinajstić information content (AvgIpc) is 2.75. The Morgan fingerprint density at radius 2 is 1.97 bits per heavy atom. The number of piperidine rings is 1. The Labute approximate surface area is 178 Å². The van der Waals surface area contributed by atoms with E-state index in [-0.39, 0.29) is 23.5 Å². The van der Waals surface area contributed by atoms with Crippen LogP contribution in [0.3, 0.4) is 0 Å². The Kier molecular flexibility index (Phi) is 7.00. The van der Waals surface area contributed by atoms with Crippen LogP contribution in [0.25, 0.3) is 0 Å². The predicted molar refractivity (Wildman–Crippen MR) is 112 cm³/mol. The summed E-state index contributed by atoms with van der Waals surface area (Å²) >= 11 is 0. The van der Waals surface area contributed by atoms with Crippen molar-refractivity contribution >= 4 is 11.8 Å². The van der Waals surface area contributed by atoms with E-state index in [4.69, 9.17) is 9.47 Å². The van der Waals surface area contributed by atoms with Gasteiger partial charge >= 0.3 is 0 Å². The number of aromatic nitrogens is 1. The van der Waals surface area contributed by atoms with Crippen LogP contribution in [-0.4, -0.2) is 66.3 Å². The van der Waals surface area contributed by atoms with Crippen molar-refractivity contribution in [2.75, 3.05) is 32.9 Å². The molecule has 4 heterocycles. The fourth-order valence-corrected chi connectivity index (χ4v) is 4.95. The second-order valence-electron chi connectivity index (χ2n) is 8.97. The molecule has 1 spiro atoms. The first kappa shape index (κ1) is 21.2. The molecule has 0 aliphatic carbocycles. The van der Waals surface area contributed by atoms with Gasteiger partial charge in [0.2, 0.25) is 11.8 Å². The van der Waals surface area contributed by atoms with Gasteiger partial charge < -0.3 is 19.7 Å². The van der Waals surface area contributed by atoms with E-state index in [1.165, 1.54) is 0 Å². The highest BCUT2D eigenvalue weighted by Gasteiger charge is 2.41. The van der Waals surface area contributed by atoms with Crippen molar-refractivity contribution in [1.82, 2.24) is 15.2 Å². The van der Waals surface area contributed by atoms with E-state index >= 15 is 0 Å². The summed E-state index contributed by atoms with van der Waals surface area (Å²) in [6.45, 7) is 3.64. The Hall–Kier alpha value is -1.99. The first-order valence-electron chi connectivity index (χ1n) is 11.3. The van der Waals surface area contributed by atoms with Gasteiger partial charge in [-0.25, -0.2) is 0 Å². The predicted octanol–water partition coefficient (Wildman–Crippen LogP) is 2.10. The molecular weight excluding hydrogens is 382 g/mol. The van der Waals surface area contributed by atoms with E-state index in [9.17, 15) is 9.59 Å². The highest BCUT2D eigenvalue weighted by molar-refractivity contribution is 5.78. The normalized spacial score (nSPS) is 24.5. The third-order valence-corrected chi connectivity index (χ3v) is 6.78. The van der Waals surface area contributed by atoms with Gasteiger partial charge in [0.1, 0.15) is 0 Å². The van der Waals surface area contributed by atoms with Crippen LogP contribution in [0.2, 0.25) is 0 Å². The van der Waals surface area contributed by atoms with Crippen LogP contribution >= 0.6 is 0 Å². The third-order valence-electron chi connectivity index (χ3n) is 6.78. The number of pyridine rings is 1. The molecule has 1 aromatic rings. The number of nitrogens with one attached hydrogen (secondary N) is 1. The first-order valence-corrected chi connectivity index (χ1v) is 11.3. The van der Waals surface area contributed by atoms with Gasteiger partial charge in [-0.15, -0.1) is 0 Å². The molecule has 30 heavy (non-hydrogen) atoms. The van der Waals surface area contributed by atoms with E-state index in [1.54, 1.807) is 12.4 Å². The lowest BCUT2D eigenvalue weighted by molar-refractivity contribution is -0.145. The van der Waals surface area contributed by atoms with Crippen LogP contribution in [0.4, 0.5) is 0 Å². The van der Waals surface area contributed by atoms with Crippen molar-refractivity contribution in [3.05, 3.63) is 30.1 Å². The summed E-state index contributed by atoms with van der Waals surface area (Å²) in [5, 5.41) is 3.26. The number of carbonyl (C=O) groups excluding carboxylic acids is 2. The number of carbonyl (C=O) groups is 2. The van der Waals surface area contributed by atoms with Crippen LogP contribution in [0, 0.1) is 5.92 Å². The van der Waals surface area contributed by atoms with Gasteiger partial charge in [0.05, 0.1) is 12.0 Å². The molecule has 3 fully saturated rings. The van der Waals surface area contributed by atoms with E-state index < -0.39 is 0 Å². The maximum absolute atomic E-state index is 12.6. The molecule has 3 aliphatic rings. The topological polar surface area (TPSA) is 80.8 Å². The molecule has 1 unspecified atom stereocenters. The van der Waals surface area contributed by atoms with Crippen molar-refractivity contribution in [2.24, 2.45) is 5.92 Å². The summed E-state index contributed by atoms with van der Waals surface area (Å²) < 4.78 is 11.6. The zero-order valence-corrected chi connectivity index (χ0v) is 17.7. The Balaban J connectivity index is 1.24. The van der Waals surface area contributed by atoms with Crippen molar-refractivity contribution in [2.45, 2.75) is 63.0 Å². The van der Waals surface area contributed by atoms with Crippen LogP contribution < -0.4 is 5.32 Å². The molecule has 0 saturated carbocycles. The molecule has 1 aromatic heterocycles. The quantitative estimate of drug-likeness (QED) is 0.797. The van der Waals surface area contributed by atoms with Crippen molar-refractivity contribution in [3.63, 3.8) is 0 Å². The lowest BCUT2D eigenvalue weighted by Gasteiger charge is -2.46. The minimum atomic E-state index is -0.208. The maximum atomic E-state index is 12.6. The van der Waals surface area contributed by atoms with Gasteiger partial charge in [-0.3, -0.25) is 14.6 Å². The fourth-order valence-electron chi connectivity index (χ4n) is 4.95. The van der Waals surface area contributed by atoms with Crippen LogP contribution in [-0.2, 0) is 25.5 Å². The molecule has 4 rings (SSSR count). The van der Waals surface area contributed by atoms with Gasteiger partial charge in [-0.2, -0.15) is 0 Å². The number of amides is 2. The number of ether oxygens (including phenoxy) is 2. The number of rotatable bonds is 5. The van der Waals surface area contributed by atoms with Gasteiger partial charge in [0, 0.05) is 57.8 Å². The number of hydrogen-bond donors (Lipinski definition) is 1. The number of hydrogen-bond acceptors (Lipinski definition) is 5. The summed E-state index contributed by atoms with van der Waals surface area (Å²) in [5.41, 5.74) is 0.740. The molecular formula is C23H33N3O4. The first-order chi connectivity index (χ1) is 14.6. The van der Waals surface area contributed by atoms with Crippen molar-refractivity contribution in [3.8, 4) is 0 Å². The molecule has 3 aliphatic heterocycles. The number of nitrogens with zero attached hydrogens (tertiary/aromatic N) is 2. The van der Waals surface area contributed by atoms with Crippen molar-refractivity contribution in [1.29, 1.82) is 0 Å². The minimum Gasteiger partial charge on any atom is -0.381 e. The second-order valence-corrected chi connectivity index (χ2v) is 8.97. The molecule has 7 heteroatoms. The SMILES string of the molecule is O=C(CC1CCOCC1)NC1CCOC2(CCN(C(=O)Cc3cccnc3)CC2)C1. The molecule has 0 radical (unpaired) electrons. The molecule has 2 amide bonds. The van der Waals surface area contributed by atoms with Crippen LogP contribution in [0.1, 0.15) is 50.5 Å². The molecule has 0 bridgehead atoms. The summed E-state index contributed by atoms with van der Waals surface area (Å²) in [7, 11) is 0. The molecule has 1 atom stereocenters. The zero-order chi connectivity index (χ0) is 20.8. The highest BCUT2D eigenvalue weighted by atomic mass is 16.5. The lowest BCUT2D eigenvalue weighted by Crippen LogP contribution is -2.54. The summed E-state index contributed by atoms with van der Waals surface area (Å²) in [6.07, 6.45) is 9.80. The molecule has 7 nitrogen and oxygen atoms in total. The summed E-state index contributed by atoms with van der Waals surface area (Å²) in [6, 6.07) is 3.97. The average molecular weight is 416 g/mol. The molecule has 164 valence electrons. The van der Waals surface area contributed by atoms with Gasteiger partial charge in [0.15, 0.2) is 0 Å². The Morgan fingerprint density at radius 3 is 2.70 bits per heavy atom. The largest absolute Gasteiger partial charge is 0.381 e. The molecule has 0 aromatic carbocycles. The standard InChI is InChI=1S/C23H33N3O4/c27-21(14-18-3-11-29-12-4-18)25-20-5-13-30-23(16-20)6-9-26(10-7-23)22(28)15-19-2-1-8-24-17-19/h1-2,8,17-18,20H,3-7,9-16H2,(H,25,27).